The summed E-state index contributed by atoms with van der Waals surface area (Å²) in [7, 11) is 0. The summed E-state index contributed by atoms with van der Waals surface area (Å²) in [6.45, 7) is 6.28. The largest absolute Gasteiger partial charge is 0.484 e. The van der Waals surface area contributed by atoms with Gasteiger partial charge in [-0.05, 0) is 43.7 Å². The molecule has 8 heteroatoms. The Balaban J connectivity index is 1.21. The number of carbonyl (C=O) groups is 1. The van der Waals surface area contributed by atoms with Gasteiger partial charge < -0.3 is 19.0 Å². The van der Waals surface area contributed by atoms with Crippen molar-refractivity contribution in [2.75, 3.05) is 37.7 Å². The molecule has 0 radical (unpaired) electrons. The highest BCUT2D eigenvalue weighted by Crippen LogP contribution is 2.23. The van der Waals surface area contributed by atoms with Gasteiger partial charge in [-0.1, -0.05) is 12.1 Å². The number of anilines is 1. The van der Waals surface area contributed by atoms with Crippen LogP contribution in [0.5, 0.6) is 5.75 Å². The van der Waals surface area contributed by atoms with E-state index in [0.29, 0.717) is 37.5 Å². The molecule has 1 fully saturated rings. The first-order chi connectivity index (χ1) is 16.0. The van der Waals surface area contributed by atoms with Crippen molar-refractivity contribution in [1.29, 1.82) is 0 Å². The average Bonchev–Trinajstić information content (AvgIpc) is 2.82. The zero-order chi connectivity index (χ0) is 22.9. The normalized spacial score (nSPS) is 14.1. The molecule has 3 heterocycles. The van der Waals surface area contributed by atoms with Crippen molar-refractivity contribution in [2.24, 2.45) is 0 Å². The lowest BCUT2D eigenvalue weighted by molar-refractivity contribution is -0.133. The number of aromatic nitrogens is 2. The number of hydrogen-bond acceptors (Lipinski definition) is 7. The van der Waals surface area contributed by atoms with E-state index in [9.17, 15) is 9.59 Å². The van der Waals surface area contributed by atoms with Crippen LogP contribution < -0.4 is 15.3 Å². The summed E-state index contributed by atoms with van der Waals surface area (Å²) in [5.41, 5.74) is 3.52. The van der Waals surface area contributed by atoms with Gasteiger partial charge in [-0.15, -0.1) is 0 Å². The van der Waals surface area contributed by atoms with Crippen LogP contribution in [0.25, 0.3) is 22.0 Å². The Kier molecular flexibility index (Phi) is 5.42. The molecule has 0 atom stereocenters. The molecule has 2 aromatic carbocycles. The second kappa shape index (κ2) is 8.54. The number of benzene rings is 2. The Morgan fingerprint density at radius 2 is 1.73 bits per heavy atom. The molecular weight excluding hydrogens is 420 g/mol. The minimum atomic E-state index is -0.405. The molecule has 0 saturated carbocycles. The summed E-state index contributed by atoms with van der Waals surface area (Å²) in [5.74, 6) is 1.28. The van der Waals surface area contributed by atoms with Gasteiger partial charge >= 0.3 is 5.63 Å². The Labute approximate surface area is 190 Å². The molecule has 0 bridgehead atoms. The predicted molar refractivity (Wildman–Crippen MR) is 126 cm³/mol. The number of hydrogen-bond donors (Lipinski definition) is 0. The molecule has 0 unspecified atom stereocenters. The third kappa shape index (κ3) is 4.24. The van der Waals surface area contributed by atoms with E-state index in [4.69, 9.17) is 14.1 Å². The van der Waals surface area contributed by atoms with E-state index >= 15 is 0 Å². The van der Waals surface area contributed by atoms with Gasteiger partial charge in [0.25, 0.3) is 5.91 Å². The van der Waals surface area contributed by atoms with Gasteiger partial charge in [-0.2, -0.15) is 0 Å². The molecule has 4 aromatic rings. The molecule has 1 aliphatic heterocycles. The first-order valence-corrected chi connectivity index (χ1v) is 10.9. The molecule has 0 N–H and O–H groups in total. The average molecular weight is 444 g/mol. The second-order valence-electron chi connectivity index (χ2n) is 8.18. The number of para-hydroxylation sites is 2. The summed E-state index contributed by atoms with van der Waals surface area (Å²) < 4.78 is 10.9. The molecule has 1 amide bonds. The van der Waals surface area contributed by atoms with Crippen molar-refractivity contribution in [3.63, 3.8) is 0 Å². The second-order valence-corrected chi connectivity index (χ2v) is 8.18. The zero-order valence-electron chi connectivity index (χ0n) is 18.6. The van der Waals surface area contributed by atoms with Crippen LogP contribution in [0.1, 0.15) is 11.3 Å². The van der Waals surface area contributed by atoms with E-state index in [2.05, 4.69) is 9.88 Å². The fraction of sp³-hybridized carbons (Fsp3) is 0.280. The highest BCUT2D eigenvalue weighted by molar-refractivity contribution is 5.82. The smallest absolute Gasteiger partial charge is 0.336 e. The fourth-order valence-corrected chi connectivity index (χ4v) is 4.18. The predicted octanol–water partition coefficient (Wildman–Crippen LogP) is 3.08. The van der Waals surface area contributed by atoms with E-state index < -0.39 is 5.63 Å². The lowest BCUT2D eigenvalue weighted by Crippen LogP contribution is -2.50. The molecule has 5 rings (SSSR count). The van der Waals surface area contributed by atoms with Crippen molar-refractivity contribution in [2.45, 2.75) is 13.8 Å². The first-order valence-electron chi connectivity index (χ1n) is 10.9. The third-order valence-corrected chi connectivity index (χ3v) is 5.94. The molecule has 8 nitrogen and oxygen atoms in total. The molecule has 0 spiro atoms. The standard InChI is InChI=1S/C25H24N4O4/c1-16-13-24(31)33-22-14-18(7-8-19(16)22)32-15-23(30)28-9-11-29(12-10-28)25-17(2)26-20-5-3-4-6-21(20)27-25/h3-8,13-14H,9-12,15H2,1-2H3. The van der Waals surface area contributed by atoms with Crippen LogP contribution in [-0.4, -0.2) is 53.6 Å². The topological polar surface area (TPSA) is 88.8 Å². The number of rotatable bonds is 4. The van der Waals surface area contributed by atoms with E-state index in [1.165, 1.54) is 6.07 Å². The first kappa shape index (κ1) is 20.9. The molecule has 33 heavy (non-hydrogen) atoms. The number of fused-ring (bicyclic) bond motifs is 2. The number of aryl methyl sites for hydroxylation is 2. The summed E-state index contributed by atoms with van der Waals surface area (Å²) in [5, 5.41) is 0.844. The maximum atomic E-state index is 12.7. The van der Waals surface area contributed by atoms with Gasteiger partial charge in [0.2, 0.25) is 0 Å². The van der Waals surface area contributed by atoms with E-state index in [-0.39, 0.29) is 12.5 Å². The van der Waals surface area contributed by atoms with Crippen LogP contribution in [0.15, 0.2) is 57.7 Å². The van der Waals surface area contributed by atoms with Gasteiger partial charge in [0.1, 0.15) is 11.3 Å². The van der Waals surface area contributed by atoms with Crippen LogP contribution >= 0.6 is 0 Å². The lowest BCUT2D eigenvalue weighted by atomic mass is 10.1. The molecule has 1 saturated heterocycles. The van der Waals surface area contributed by atoms with Crippen LogP contribution in [0, 0.1) is 13.8 Å². The molecule has 0 aliphatic carbocycles. The van der Waals surface area contributed by atoms with Crippen molar-refractivity contribution in [3.8, 4) is 5.75 Å². The van der Waals surface area contributed by atoms with E-state index in [1.807, 2.05) is 44.2 Å². The SMILES string of the molecule is Cc1nc2ccccc2nc1N1CCN(C(=O)COc2ccc3c(C)cc(=O)oc3c2)CC1. The molecule has 2 aromatic heterocycles. The minimum absolute atomic E-state index is 0.0731. The Morgan fingerprint density at radius 3 is 2.48 bits per heavy atom. The quantitative estimate of drug-likeness (QED) is 0.447. The van der Waals surface area contributed by atoms with Gasteiger partial charge in [0.15, 0.2) is 12.4 Å². The maximum absolute atomic E-state index is 12.7. The van der Waals surface area contributed by atoms with Crippen molar-refractivity contribution < 1.29 is 13.9 Å². The zero-order valence-corrected chi connectivity index (χ0v) is 18.6. The summed E-state index contributed by atoms with van der Waals surface area (Å²) in [6.07, 6.45) is 0. The van der Waals surface area contributed by atoms with Crippen LogP contribution in [0.3, 0.4) is 0 Å². The maximum Gasteiger partial charge on any atom is 0.336 e. The summed E-state index contributed by atoms with van der Waals surface area (Å²) >= 11 is 0. The van der Waals surface area contributed by atoms with Gasteiger partial charge in [-0.25, -0.2) is 14.8 Å². The molecule has 1 aliphatic rings. The molecular formula is C25H24N4O4. The summed E-state index contributed by atoms with van der Waals surface area (Å²) in [6, 6.07) is 14.5. The Bertz CT molecular complexity index is 1410. The highest BCUT2D eigenvalue weighted by atomic mass is 16.5. The van der Waals surface area contributed by atoms with Crippen LogP contribution in [0.4, 0.5) is 5.82 Å². The minimum Gasteiger partial charge on any atom is -0.484 e. The Hall–Kier alpha value is -3.94. The number of ether oxygens (including phenoxy) is 1. The number of piperazine rings is 1. The Morgan fingerprint density at radius 1 is 1.00 bits per heavy atom. The van der Waals surface area contributed by atoms with Gasteiger partial charge in [-0.3, -0.25) is 4.79 Å². The number of amides is 1. The van der Waals surface area contributed by atoms with Crippen LogP contribution in [0.2, 0.25) is 0 Å². The third-order valence-electron chi connectivity index (χ3n) is 5.94. The lowest BCUT2D eigenvalue weighted by Gasteiger charge is -2.35. The van der Waals surface area contributed by atoms with E-state index in [0.717, 1.165) is 33.5 Å². The number of nitrogens with zero attached hydrogens (tertiary/aromatic N) is 4. The van der Waals surface area contributed by atoms with Crippen molar-refractivity contribution in [3.05, 3.63) is 70.2 Å². The monoisotopic (exact) mass is 444 g/mol. The van der Waals surface area contributed by atoms with Gasteiger partial charge in [0.05, 0.1) is 16.7 Å². The van der Waals surface area contributed by atoms with Crippen molar-refractivity contribution in [1.82, 2.24) is 14.9 Å². The highest BCUT2D eigenvalue weighted by Gasteiger charge is 2.24. The van der Waals surface area contributed by atoms with E-state index in [1.54, 1.807) is 17.0 Å². The van der Waals surface area contributed by atoms with Gasteiger partial charge in [0, 0.05) is 43.7 Å². The fourth-order valence-electron chi connectivity index (χ4n) is 4.18. The number of carbonyl (C=O) groups excluding carboxylic acids is 1. The molecule has 168 valence electrons. The summed E-state index contributed by atoms with van der Waals surface area (Å²) in [4.78, 5) is 37.8. The van der Waals surface area contributed by atoms with Crippen LogP contribution in [-0.2, 0) is 4.79 Å². The van der Waals surface area contributed by atoms with Crippen molar-refractivity contribution >= 4 is 33.7 Å².